The van der Waals surface area contributed by atoms with E-state index in [-0.39, 0.29) is 12.1 Å². The van der Waals surface area contributed by atoms with Crippen LogP contribution < -0.4 is 9.47 Å². The molecule has 1 aromatic rings. The summed E-state index contributed by atoms with van der Waals surface area (Å²) in [5.41, 5.74) is 1.15. The first-order valence-corrected chi connectivity index (χ1v) is 11.7. The van der Waals surface area contributed by atoms with Gasteiger partial charge in [0.2, 0.25) is 5.79 Å². The van der Waals surface area contributed by atoms with Crippen molar-refractivity contribution in [2.75, 3.05) is 33.4 Å². The lowest BCUT2D eigenvalue weighted by Gasteiger charge is -2.65. The predicted octanol–water partition coefficient (Wildman–Crippen LogP) is 2.39. The fourth-order valence-electron chi connectivity index (χ4n) is 7.73. The molecule has 4 fully saturated rings. The summed E-state index contributed by atoms with van der Waals surface area (Å²) in [6.07, 6.45) is 6.81. The molecule has 2 saturated carbocycles. The van der Waals surface area contributed by atoms with Gasteiger partial charge in [-0.05, 0) is 56.2 Å². The van der Waals surface area contributed by atoms with Gasteiger partial charge in [-0.3, -0.25) is 4.90 Å². The molecule has 0 aromatic heterocycles. The molecule has 1 N–H and O–H groups in total. The molecule has 6 heteroatoms. The number of benzene rings is 1. The molecular formula is C24H31NO5. The lowest BCUT2D eigenvalue weighted by atomic mass is 9.48. The molecule has 30 heavy (non-hydrogen) atoms. The first-order chi connectivity index (χ1) is 14.6. The van der Waals surface area contributed by atoms with Crippen molar-refractivity contribution in [3.63, 3.8) is 0 Å². The van der Waals surface area contributed by atoms with Gasteiger partial charge in [0.05, 0.1) is 31.3 Å². The van der Waals surface area contributed by atoms with Gasteiger partial charge < -0.3 is 24.1 Å². The third-order valence-corrected chi connectivity index (χ3v) is 9.28. The van der Waals surface area contributed by atoms with Crippen LogP contribution in [0.2, 0.25) is 0 Å². The third kappa shape index (κ3) is 1.96. The molecule has 7 rings (SSSR count). The minimum atomic E-state index is -0.829. The Morgan fingerprint density at radius 1 is 1.17 bits per heavy atom. The minimum absolute atomic E-state index is 0.128. The van der Waals surface area contributed by atoms with Crippen molar-refractivity contribution >= 4 is 0 Å². The zero-order chi connectivity index (χ0) is 20.1. The molecular weight excluding hydrogens is 382 g/mol. The van der Waals surface area contributed by atoms with E-state index >= 15 is 0 Å². The maximum absolute atomic E-state index is 12.5. The van der Waals surface area contributed by atoms with Gasteiger partial charge in [0.1, 0.15) is 0 Å². The number of piperidine rings is 1. The Morgan fingerprint density at radius 3 is 2.73 bits per heavy atom. The minimum Gasteiger partial charge on any atom is -0.493 e. The molecule has 6 aliphatic rings. The summed E-state index contributed by atoms with van der Waals surface area (Å²) >= 11 is 0. The SMILES string of the molecule is COc1ccc2c3c1OC1C4(CCC5(O)[C@@H](C2)N(CC2CCC2)CC[C@]315)OCCO4. The summed E-state index contributed by atoms with van der Waals surface area (Å²) in [5.74, 6) is 1.60. The molecule has 2 unspecified atom stereocenters. The second-order valence-corrected chi connectivity index (χ2v) is 10.3. The average molecular weight is 414 g/mol. The number of nitrogens with zero attached hydrogens (tertiary/aromatic N) is 1. The van der Waals surface area contributed by atoms with Crippen LogP contribution in [0, 0.1) is 5.92 Å². The van der Waals surface area contributed by atoms with E-state index in [1.807, 2.05) is 6.07 Å². The maximum Gasteiger partial charge on any atom is 0.207 e. The largest absolute Gasteiger partial charge is 0.493 e. The van der Waals surface area contributed by atoms with Gasteiger partial charge in [-0.2, -0.15) is 0 Å². The van der Waals surface area contributed by atoms with Crippen molar-refractivity contribution in [2.45, 2.75) is 73.9 Å². The Kier molecular flexibility index (Phi) is 3.60. The van der Waals surface area contributed by atoms with Crippen molar-refractivity contribution < 1.29 is 24.1 Å². The highest BCUT2D eigenvalue weighted by molar-refractivity contribution is 5.63. The topological polar surface area (TPSA) is 60.4 Å². The lowest BCUT2D eigenvalue weighted by Crippen LogP contribution is -2.79. The Labute approximate surface area is 177 Å². The highest BCUT2D eigenvalue weighted by atomic mass is 16.8. The van der Waals surface area contributed by atoms with E-state index in [0.717, 1.165) is 43.3 Å². The van der Waals surface area contributed by atoms with Crippen LogP contribution in [0.25, 0.3) is 0 Å². The lowest BCUT2D eigenvalue weighted by molar-refractivity contribution is -0.297. The molecule has 0 radical (unpaired) electrons. The number of aliphatic hydroxyl groups is 1. The maximum atomic E-state index is 12.5. The van der Waals surface area contributed by atoms with Gasteiger partial charge in [0, 0.05) is 24.6 Å². The highest BCUT2D eigenvalue weighted by Gasteiger charge is 2.77. The number of ether oxygens (including phenoxy) is 4. The fraction of sp³-hybridized carbons (Fsp3) is 0.750. The average Bonchev–Trinajstić information content (AvgIpc) is 3.32. The molecule has 3 aliphatic heterocycles. The number of methoxy groups -OCH3 is 1. The van der Waals surface area contributed by atoms with Crippen molar-refractivity contribution in [1.29, 1.82) is 0 Å². The van der Waals surface area contributed by atoms with Crippen LogP contribution in [0.5, 0.6) is 11.5 Å². The zero-order valence-electron chi connectivity index (χ0n) is 17.7. The molecule has 1 aromatic carbocycles. The van der Waals surface area contributed by atoms with Gasteiger partial charge in [-0.1, -0.05) is 12.5 Å². The molecule has 2 spiro atoms. The Balaban J connectivity index is 1.41. The molecule has 162 valence electrons. The number of rotatable bonds is 3. The van der Waals surface area contributed by atoms with Crippen molar-refractivity contribution in [1.82, 2.24) is 4.90 Å². The molecule has 3 aliphatic carbocycles. The molecule has 3 heterocycles. The van der Waals surface area contributed by atoms with E-state index in [4.69, 9.17) is 18.9 Å². The van der Waals surface area contributed by atoms with Gasteiger partial charge in [0.15, 0.2) is 17.6 Å². The molecule has 4 atom stereocenters. The Morgan fingerprint density at radius 2 is 2.00 bits per heavy atom. The normalized spacial score (nSPS) is 40.7. The van der Waals surface area contributed by atoms with Gasteiger partial charge in [0.25, 0.3) is 0 Å². The van der Waals surface area contributed by atoms with Crippen molar-refractivity contribution in [3.05, 3.63) is 23.3 Å². The number of hydrogen-bond acceptors (Lipinski definition) is 6. The standard InChI is InChI=1S/C24H31NO5/c1-27-17-6-5-16-13-18-23(26)7-8-24(28-11-12-29-24)21-22(23,19(16)20(17)30-21)9-10-25(18)14-15-3-2-4-15/h5-6,15,18,21,26H,2-4,7-14H2,1H3/t18-,21?,22+,23?/m1/s1. The van der Waals surface area contributed by atoms with E-state index in [2.05, 4.69) is 11.0 Å². The third-order valence-electron chi connectivity index (χ3n) is 9.28. The second-order valence-electron chi connectivity index (χ2n) is 10.3. The van der Waals surface area contributed by atoms with Gasteiger partial charge >= 0.3 is 0 Å². The smallest absolute Gasteiger partial charge is 0.207 e. The van der Waals surface area contributed by atoms with Crippen LogP contribution in [-0.4, -0.2) is 67.0 Å². The summed E-state index contributed by atoms with van der Waals surface area (Å²) in [5, 5.41) is 12.5. The highest BCUT2D eigenvalue weighted by Crippen LogP contribution is 2.68. The van der Waals surface area contributed by atoms with Gasteiger partial charge in [-0.25, -0.2) is 0 Å². The van der Waals surface area contributed by atoms with E-state index in [1.165, 1.54) is 30.4 Å². The monoisotopic (exact) mass is 413 g/mol. The Hall–Kier alpha value is -1.34. The number of hydrogen-bond donors (Lipinski definition) is 1. The second kappa shape index (κ2) is 5.91. The van der Waals surface area contributed by atoms with Crippen molar-refractivity contribution in [3.8, 4) is 11.5 Å². The predicted molar refractivity (Wildman–Crippen MR) is 109 cm³/mol. The summed E-state index contributed by atoms with van der Waals surface area (Å²) in [7, 11) is 1.69. The van der Waals surface area contributed by atoms with Crippen LogP contribution >= 0.6 is 0 Å². The van der Waals surface area contributed by atoms with Crippen LogP contribution in [0.15, 0.2) is 12.1 Å². The summed E-state index contributed by atoms with van der Waals surface area (Å²) in [4.78, 5) is 2.60. The first-order valence-electron chi connectivity index (χ1n) is 11.7. The fourth-order valence-corrected chi connectivity index (χ4v) is 7.73. The van der Waals surface area contributed by atoms with Crippen LogP contribution in [0.3, 0.4) is 0 Å². The molecule has 2 saturated heterocycles. The summed E-state index contributed by atoms with van der Waals surface area (Å²) < 4.78 is 24.9. The van der Waals surface area contributed by atoms with E-state index < -0.39 is 16.8 Å². The molecule has 2 bridgehead atoms. The zero-order valence-corrected chi connectivity index (χ0v) is 17.7. The van der Waals surface area contributed by atoms with Crippen LogP contribution in [-0.2, 0) is 21.3 Å². The van der Waals surface area contributed by atoms with E-state index in [9.17, 15) is 5.11 Å². The van der Waals surface area contributed by atoms with Crippen LogP contribution in [0.4, 0.5) is 0 Å². The number of likely N-dealkylation sites (tertiary alicyclic amines) is 1. The number of fused-ring (bicyclic) bond motifs is 1. The Bertz CT molecular complexity index is 894. The van der Waals surface area contributed by atoms with Gasteiger partial charge in [-0.15, -0.1) is 0 Å². The summed E-state index contributed by atoms with van der Waals surface area (Å²) in [6, 6.07) is 4.35. The van der Waals surface area contributed by atoms with Crippen molar-refractivity contribution in [2.24, 2.45) is 5.92 Å². The molecule has 6 nitrogen and oxygen atoms in total. The van der Waals surface area contributed by atoms with E-state index in [1.54, 1.807) is 7.11 Å². The molecule has 0 amide bonds. The first kappa shape index (κ1) is 18.3. The summed E-state index contributed by atoms with van der Waals surface area (Å²) in [6.45, 7) is 3.29. The quantitative estimate of drug-likeness (QED) is 0.821. The van der Waals surface area contributed by atoms with E-state index in [0.29, 0.717) is 26.1 Å². The van der Waals surface area contributed by atoms with Crippen LogP contribution in [0.1, 0.15) is 49.7 Å².